The van der Waals surface area contributed by atoms with Crippen molar-refractivity contribution >= 4 is 40.8 Å². The van der Waals surface area contributed by atoms with Gasteiger partial charge in [-0.3, -0.25) is 0 Å². The maximum atomic E-state index is 12.2. The highest BCUT2D eigenvalue weighted by molar-refractivity contribution is 6.32. The summed E-state index contributed by atoms with van der Waals surface area (Å²) in [6, 6.07) is 9.78. The van der Waals surface area contributed by atoms with E-state index >= 15 is 0 Å². The number of aromatic nitrogens is 4. The van der Waals surface area contributed by atoms with Crippen molar-refractivity contribution in [2.45, 2.75) is 38.8 Å². The summed E-state index contributed by atoms with van der Waals surface area (Å²) in [7, 11) is 3.20. The fourth-order valence-corrected chi connectivity index (χ4v) is 5.99. The van der Waals surface area contributed by atoms with Crippen molar-refractivity contribution in [2.24, 2.45) is 0 Å². The van der Waals surface area contributed by atoms with Gasteiger partial charge in [0.2, 0.25) is 5.95 Å². The first-order valence-electron chi connectivity index (χ1n) is 15.1. The topological polar surface area (TPSA) is 110 Å². The summed E-state index contributed by atoms with van der Waals surface area (Å²) in [5, 5.41) is 3.47. The largest absolute Gasteiger partial charge is 0.496 e. The Kier molecular flexibility index (Phi) is 8.50. The number of rotatable bonds is 7. The minimum atomic E-state index is -0.527. The number of carbonyl (C=O) groups excluding carboxylic acids is 1. The highest BCUT2D eigenvalue weighted by Crippen LogP contribution is 2.38. The van der Waals surface area contributed by atoms with E-state index in [0.717, 1.165) is 67.6 Å². The number of anilines is 3. The second-order valence-electron chi connectivity index (χ2n) is 12.2. The molecule has 0 bridgehead atoms. The molecule has 5 heterocycles. The number of pyridine rings is 1. The van der Waals surface area contributed by atoms with E-state index < -0.39 is 11.7 Å². The number of hydrogen-bond donors (Lipinski definition) is 1. The maximum Gasteiger partial charge on any atom is 0.407 e. The van der Waals surface area contributed by atoms with Gasteiger partial charge in [-0.05, 0) is 45.4 Å². The van der Waals surface area contributed by atoms with Crippen molar-refractivity contribution in [3.05, 3.63) is 53.9 Å². The number of halogens is 1. The molecule has 238 valence electrons. The molecule has 1 amide bonds. The number of amides is 1. The summed E-state index contributed by atoms with van der Waals surface area (Å²) in [6.07, 6.45) is 6.24. The number of hydrogen-bond acceptors (Lipinski definition) is 10. The normalized spacial score (nSPS) is 17.1. The fourth-order valence-electron chi connectivity index (χ4n) is 5.75. The van der Waals surface area contributed by atoms with Crippen LogP contribution in [0.4, 0.5) is 22.2 Å². The van der Waals surface area contributed by atoms with Gasteiger partial charge in [0.05, 0.1) is 31.0 Å². The Morgan fingerprint density at radius 3 is 2.44 bits per heavy atom. The molecule has 12 nitrogen and oxygen atoms in total. The van der Waals surface area contributed by atoms with E-state index in [1.54, 1.807) is 20.3 Å². The Labute approximate surface area is 267 Å². The van der Waals surface area contributed by atoms with Gasteiger partial charge in [-0.2, -0.15) is 4.98 Å². The van der Waals surface area contributed by atoms with Crippen LogP contribution in [0.25, 0.3) is 16.9 Å². The van der Waals surface area contributed by atoms with Crippen LogP contribution in [0, 0.1) is 0 Å². The third-order valence-corrected chi connectivity index (χ3v) is 8.28. The molecule has 2 saturated heterocycles. The molecule has 0 saturated carbocycles. The van der Waals surface area contributed by atoms with Crippen LogP contribution in [-0.4, -0.2) is 90.6 Å². The summed E-state index contributed by atoms with van der Waals surface area (Å²) in [6.45, 7) is 10.3. The molecule has 2 fully saturated rings. The number of nitrogens with one attached hydrogen (secondary N) is 1. The molecule has 0 spiro atoms. The lowest BCUT2D eigenvalue weighted by Crippen LogP contribution is -2.47. The van der Waals surface area contributed by atoms with E-state index in [9.17, 15) is 4.79 Å². The van der Waals surface area contributed by atoms with Crippen LogP contribution in [0.15, 0.2) is 48.9 Å². The zero-order valence-corrected chi connectivity index (χ0v) is 27.0. The van der Waals surface area contributed by atoms with Crippen LogP contribution in [0.3, 0.4) is 0 Å². The maximum absolute atomic E-state index is 12.2. The van der Waals surface area contributed by atoms with Crippen LogP contribution in [0.2, 0.25) is 5.02 Å². The fraction of sp³-hybridized carbons (Fsp3) is 0.438. The van der Waals surface area contributed by atoms with Crippen molar-refractivity contribution in [1.82, 2.24) is 24.7 Å². The first kappa shape index (κ1) is 30.6. The van der Waals surface area contributed by atoms with Crippen molar-refractivity contribution in [2.75, 3.05) is 68.2 Å². The SMILES string of the molecule is COc1cc(OC)c(-c2cn3ccc(N4CCN(c5ccnc(N6CCC(NC(=O)OC(C)(C)C)C6)n5)CC4)cc3n2)cc1Cl. The highest BCUT2D eigenvalue weighted by Gasteiger charge is 2.28. The number of alkyl carbamates (subject to hydrolysis) is 1. The Morgan fingerprint density at radius 2 is 1.71 bits per heavy atom. The van der Waals surface area contributed by atoms with Gasteiger partial charge in [-0.15, -0.1) is 0 Å². The minimum absolute atomic E-state index is 0.00446. The molecule has 2 aliphatic rings. The van der Waals surface area contributed by atoms with Gasteiger partial charge in [0, 0.05) is 81.2 Å². The summed E-state index contributed by atoms with van der Waals surface area (Å²) in [5.41, 5.74) is 2.99. The summed E-state index contributed by atoms with van der Waals surface area (Å²) in [4.78, 5) is 33.3. The van der Waals surface area contributed by atoms with Gasteiger partial charge >= 0.3 is 6.09 Å². The predicted molar refractivity (Wildman–Crippen MR) is 175 cm³/mol. The average molecular weight is 635 g/mol. The van der Waals surface area contributed by atoms with E-state index in [4.69, 9.17) is 35.8 Å². The Balaban J connectivity index is 1.09. The zero-order chi connectivity index (χ0) is 31.7. The monoisotopic (exact) mass is 634 g/mol. The van der Waals surface area contributed by atoms with E-state index in [-0.39, 0.29) is 6.04 Å². The van der Waals surface area contributed by atoms with Gasteiger partial charge in [0.25, 0.3) is 0 Å². The summed E-state index contributed by atoms with van der Waals surface area (Å²) in [5.74, 6) is 2.78. The van der Waals surface area contributed by atoms with Gasteiger partial charge < -0.3 is 38.6 Å². The van der Waals surface area contributed by atoms with Crippen molar-refractivity contribution in [1.29, 1.82) is 0 Å². The molecule has 2 aliphatic heterocycles. The molecule has 13 heteroatoms. The number of carbonyl (C=O) groups is 1. The Bertz CT molecular complexity index is 1680. The van der Waals surface area contributed by atoms with E-state index in [0.29, 0.717) is 29.0 Å². The molecular weight excluding hydrogens is 596 g/mol. The number of ether oxygens (including phenoxy) is 3. The number of methoxy groups -OCH3 is 2. The first-order chi connectivity index (χ1) is 21.6. The van der Waals surface area contributed by atoms with Crippen molar-refractivity contribution in [3.63, 3.8) is 0 Å². The lowest BCUT2D eigenvalue weighted by Gasteiger charge is -2.36. The van der Waals surface area contributed by atoms with Crippen LogP contribution in [0.5, 0.6) is 11.5 Å². The molecule has 0 radical (unpaired) electrons. The van der Waals surface area contributed by atoms with Crippen LogP contribution >= 0.6 is 11.6 Å². The number of imidazole rings is 1. The molecule has 6 rings (SSSR count). The molecule has 3 aromatic heterocycles. The van der Waals surface area contributed by atoms with Gasteiger partial charge in [0.15, 0.2) is 0 Å². The number of benzene rings is 1. The molecular formula is C32H39ClN8O4. The smallest absolute Gasteiger partial charge is 0.407 e. The summed E-state index contributed by atoms with van der Waals surface area (Å²) < 4.78 is 18.3. The molecule has 0 aliphatic carbocycles. The lowest BCUT2D eigenvalue weighted by atomic mass is 10.1. The predicted octanol–water partition coefficient (Wildman–Crippen LogP) is 4.89. The highest BCUT2D eigenvalue weighted by atomic mass is 35.5. The zero-order valence-electron chi connectivity index (χ0n) is 26.3. The average Bonchev–Trinajstić information content (AvgIpc) is 3.67. The van der Waals surface area contributed by atoms with Crippen molar-refractivity contribution < 1.29 is 19.0 Å². The number of fused-ring (bicyclic) bond motifs is 1. The van der Waals surface area contributed by atoms with E-state index in [2.05, 4.69) is 37.1 Å². The lowest BCUT2D eigenvalue weighted by molar-refractivity contribution is 0.0509. The van der Waals surface area contributed by atoms with Crippen LogP contribution in [-0.2, 0) is 4.74 Å². The Morgan fingerprint density at radius 1 is 0.956 bits per heavy atom. The summed E-state index contributed by atoms with van der Waals surface area (Å²) >= 11 is 6.42. The van der Waals surface area contributed by atoms with E-state index in [1.807, 2.05) is 55.9 Å². The molecule has 4 aromatic rings. The Hall–Kier alpha value is -4.45. The third kappa shape index (κ3) is 6.80. The van der Waals surface area contributed by atoms with Gasteiger partial charge in [-0.1, -0.05) is 11.6 Å². The van der Waals surface area contributed by atoms with E-state index in [1.165, 1.54) is 0 Å². The molecule has 1 N–H and O–H groups in total. The quantitative estimate of drug-likeness (QED) is 0.302. The standard InChI is InChI=1S/C32H39ClN8O4/c1-32(2,3)45-31(42)35-21-7-10-41(19-21)30-34-9-6-28(37-30)39-14-12-38(13-15-39)22-8-11-40-20-25(36-29(40)16-22)23-17-24(33)27(44-5)18-26(23)43-4/h6,8-9,11,16-18,20-21H,7,10,12-15,19H2,1-5H3,(H,35,42). The van der Waals surface area contributed by atoms with Crippen LogP contribution < -0.4 is 29.5 Å². The number of nitrogens with zero attached hydrogens (tertiary/aromatic N) is 7. The van der Waals surface area contributed by atoms with Gasteiger partial charge in [0.1, 0.15) is 28.6 Å². The van der Waals surface area contributed by atoms with Crippen LogP contribution in [0.1, 0.15) is 27.2 Å². The van der Waals surface area contributed by atoms with Gasteiger partial charge in [-0.25, -0.2) is 14.8 Å². The molecule has 45 heavy (non-hydrogen) atoms. The second kappa shape index (κ2) is 12.5. The first-order valence-corrected chi connectivity index (χ1v) is 15.5. The molecule has 1 aromatic carbocycles. The second-order valence-corrected chi connectivity index (χ2v) is 12.6. The molecule has 1 atom stereocenters. The minimum Gasteiger partial charge on any atom is -0.496 e. The number of piperazine rings is 1. The van der Waals surface area contributed by atoms with Crippen molar-refractivity contribution in [3.8, 4) is 22.8 Å². The molecule has 1 unspecified atom stereocenters. The third-order valence-electron chi connectivity index (χ3n) is 7.98.